The van der Waals surface area contributed by atoms with Gasteiger partial charge in [0.2, 0.25) is 5.91 Å². The second-order valence-corrected chi connectivity index (χ2v) is 6.70. The van der Waals surface area contributed by atoms with E-state index in [1.54, 1.807) is 18.2 Å². The smallest absolute Gasteiger partial charge is 0.224 e. The van der Waals surface area contributed by atoms with E-state index in [1.807, 2.05) is 4.90 Å². The van der Waals surface area contributed by atoms with Crippen molar-refractivity contribution in [3.05, 3.63) is 28.2 Å². The Labute approximate surface area is 145 Å². The molecule has 0 atom stereocenters. The van der Waals surface area contributed by atoms with Crippen LogP contribution in [0.3, 0.4) is 0 Å². The molecule has 5 nitrogen and oxygen atoms in total. The van der Waals surface area contributed by atoms with Crippen LogP contribution in [0.1, 0.15) is 19.3 Å². The highest BCUT2D eigenvalue weighted by Crippen LogP contribution is 2.31. The molecule has 0 radical (unpaired) electrons. The summed E-state index contributed by atoms with van der Waals surface area (Å²) >= 11 is 11.9. The predicted octanol–water partition coefficient (Wildman–Crippen LogP) is 3.16. The molecule has 2 heterocycles. The number of benzene rings is 1. The average Bonchev–Trinajstić information content (AvgIpc) is 2.95. The molecule has 2 fully saturated rings. The molecule has 2 aliphatic heterocycles. The lowest BCUT2D eigenvalue weighted by Gasteiger charge is -2.37. The molecule has 0 aromatic heterocycles. The molecule has 3 rings (SSSR count). The zero-order valence-corrected chi connectivity index (χ0v) is 14.3. The third kappa shape index (κ3) is 4.29. The minimum atomic E-state index is -0.438. The van der Waals surface area contributed by atoms with Gasteiger partial charge >= 0.3 is 0 Å². The van der Waals surface area contributed by atoms with Crippen LogP contribution in [-0.4, -0.2) is 49.4 Å². The quantitative estimate of drug-likeness (QED) is 0.897. The summed E-state index contributed by atoms with van der Waals surface area (Å²) in [4.78, 5) is 14.2. The number of amides is 1. The molecule has 1 aromatic rings. The molecular formula is C16H20Cl2N2O3. The number of likely N-dealkylation sites (tertiary alicyclic amines) is 1. The maximum atomic E-state index is 12.3. The van der Waals surface area contributed by atoms with Gasteiger partial charge in [0.25, 0.3) is 0 Å². The number of rotatable bonds is 4. The molecule has 0 aliphatic carbocycles. The highest BCUT2D eigenvalue weighted by Gasteiger charge is 2.40. The second kappa shape index (κ2) is 7.26. The molecule has 7 heteroatoms. The number of carbonyl (C=O) groups excluding carboxylic acids is 1. The summed E-state index contributed by atoms with van der Waals surface area (Å²) in [5, 5.41) is 4.33. The molecule has 2 saturated heterocycles. The van der Waals surface area contributed by atoms with Crippen molar-refractivity contribution in [3.63, 3.8) is 0 Å². The van der Waals surface area contributed by atoms with Crippen LogP contribution in [-0.2, 0) is 14.3 Å². The van der Waals surface area contributed by atoms with Gasteiger partial charge in [0.05, 0.1) is 13.2 Å². The zero-order chi connectivity index (χ0) is 16.3. The topological polar surface area (TPSA) is 50.8 Å². The number of anilines is 1. The SMILES string of the molecule is O=C(CCNc1cc(Cl)cc(Cl)c1)N1CCC2(CC1)OCCO2. The number of nitrogens with zero attached hydrogens (tertiary/aromatic N) is 1. The molecule has 1 N–H and O–H groups in total. The van der Waals surface area contributed by atoms with Gasteiger partial charge in [0.15, 0.2) is 5.79 Å². The summed E-state index contributed by atoms with van der Waals surface area (Å²) in [7, 11) is 0. The van der Waals surface area contributed by atoms with Crippen LogP contribution in [0, 0.1) is 0 Å². The molecule has 1 aromatic carbocycles. The van der Waals surface area contributed by atoms with E-state index in [2.05, 4.69) is 5.32 Å². The van der Waals surface area contributed by atoms with Crippen molar-refractivity contribution in [3.8, 4) is 0 Å². The summed E-state index contributed by atoms with van der Waals surface area (Å²) in [6.07, 6.45) is 1.92. The van der Waals surface area contributed by atoms with E-state index in [1.165, 1.54) is 0 Å². The van der Waals surface area contributed by atoms with E-state index in [-0.39, 0.29) is 5.91 Å². The van der Waals surface area contributed by atoms with Gasteiger partial charge in [-0.25, -0.2) is 0 Å². The summed E-state index contributed by atoms with van der Waals surface area (Å²) in [5.41, 5.74) is 0.820. The maximum Gasteiger partial charge on any atom is 0.224 e. The largest absolute Gasteiger partial charge is 0.384 e. The van der Waals surface area contributed by atoms with E-state index in [4.69, 9.17) is 32.7 Å². The molecule has 126 valence electrons. The number of piperidine rings is 1. The minimum Gasteiger partial charge on any atom is -0.384 e. The van der Waals surface area contributed by atoms with Gasteiger partial charge in [0, 0.05) is 54.6 Å². The standard InChI is InChI=1S/C16H20Cl2N2O3/c17-12-9-13(18)11-14(10-12)19-4-1-15(21)20-5-2-16(3-6-20)22-7-8-23-16/h9-11,19H,1-8H2. The third-order valence-corrected chi connectivity index (χ3v) is 4.66. The Bertz CT molecular complexity index is 546. The highest BCUT2D eigenvalue weighted by atomic mass is 35.5. The van der Waals surface area contributed by atoms with Gasteiger partial charge in [-0.2, -0.15) is 0 Å². The first kappa shape index (κ1) is 16.8. The zero-order valence-electron chi connectivity index (χ0n) is 12.8. The van der Waals surface area contributed by atoms with Crippen LogP contribution in [0.4, 0.5) is 5.69 Å². The average molecular weight is 359 g/mol. The van der Waals surface area contributed by atoms with Crippen LogP contribution < -0.4 is 5.32 Å². The predicted molar refractivity (Wildman–Crippen MR) is 90.0 cm³/mol. The summed E-state index contributed by atoms with van der Waals surface area (Å²) in [6, 6.07) is 5.25. The Kier molecular flexibility index (Phi) is 5.31. The Morgan fingerprint density at radius 3 is 2.35 bits per heavy atom. The van der Waals surface area contributed by atoms with Crippen molar-refractivity contribution in [1.82, 2.24) is 4.90 Å². The van der Waals surface area contributed by atoms with Gasteiger partial charge in [-0.15, -0.1) is 0 Å². The van der Waals surface area contributed by atoms with Crippen molar-refractivity contribution in [2.75, 3.05) is 38.2 Å². The Morgan fingerprint density at radius 2 is 1.74 bits per heavy atom. The number of hydrogen-bond donors (Lipinski definition) is 1. The first-order valence-electron chi connectivity index (χ1n) is 7.82. The minimum absolute atomic E-state index is 0.137. The summed E-state index contributed by atoms with van der Waals surface area (Å²) in [5.74, 6) is -0.300. The molecule has 1 spiro atoms. The second-order valence-electron chi connectivity index (χ2n) is 5.82. The number of nitrogens with one attached hydrogen (secondary N) is 1. The number of carbonyl (C=O) groups is 1. The third-order valence-electron chi connectivity index (χ3n) is 4.22. The van der Waals surface area contributed by atoms with Gasteiger partial charge in [-0.3, -0.25) is 4.79 Å². The lowest BCUT2D eigenvalue weighted by molar-refractivity contribution is -0.187. The van der Waals surface area contributed by atoms with E-state index in [0.717, 1.165) is 18.5 Å². The van der Waals surface area contributed by atoms with Gasteiger partial charge < -0.3 is 19.7 Å². The fourth-order valence-electron chi connectivity index (χ4n) is 3.01. The number of halogens is 2. The van der Waals surface area contributed by atoms with Gasteiger partial charge in [-0.05, 0) is 18.2 Å². The molecule has 1 amide bonds. The maximum absolute atomic E-state index is 12.3. The fraction of sp³-hybridized carbons (Fsp3) is 0.562. The van der Waals surface area contributed by atoms with Crippen molar-refractivity contribution in [2.24, 2.45) is 0 Å². The molecule has 23 heavy (non-hydrogen) atoms. The van der Waals surface area contributed by atoms with Gasteiger partial charge in [-0.1, -0.05) is 23.2 Å². The van der Waals surface area contributed by atoms with E-state index in [9.17, 15) is 4.79 Å². The van der Waals surface area contributed by atoms with Crippen molar-refractivity contribution >= 4 is 34.8 Å². The summed E-state index contributed by atoms with van der Waals surface area (Å²) < 4.78 is 11.3. The van der Waals surface area contributed by atoms with Crippen LogP contribution in [0.15, 0.2) is 18.2 Å². The first-order valence-corrected chi connectivity index (χ1v) is 8.58. The van der Waals surface area contributed by atoms with Crippen LogP contribution >= 0.6 is 23.2 Å². The molecule has 0 unspecified atom stereocenters. The van der Waals surface area contributed by atoms with E-state index >= 15 is 0 Å². The summed E-state index contributed by atoms with van der Waals surface area (Å²) in [6.45, 7) is 3.22. The molecule has 0 bridgehead atoms. The van der Waals surface area contributed by atoms with E-state index < -0.39 is 5.79 Å². The first-order chi connectivity index (χ1) is 11.1. The lowest BCUT2D eigenvalue weighted by Crippen LogP contribution is -2.47. The molecule has 2 aliphatic rings. The Hall–Kier alpha value is -1.01. The monoisotopic (exact) mass is 358 g/mol. The number of hydrogen-bond acceptors (Lipinski definition) is 4. The van der Waals surface area contributed by atoms with Crippen molar-refractivity contribution in [2.45, 2.75) is 25.0 Å². The fourth-order valence-corrected chi connectivity index (χ4v) is 3.54. The normalized spacial score (nSPS) is 20.0. The van der Waals surface area contributed by atoms with Gasteiger partial charge in [0.1, 0.15) is 0 Å². The molecular weight excluding hydrogens is 339 g/mol. The van der Waals surface area contributed by atoms with Crippen molar-refractivity contribution in [1.29, 1.82) is 0 Å². The number of ether oxygens (including phenoxy) is 2. The Morgan fingerprint density at radius 1 is 1.13 bits per heavy atom. The van der Waals surface area contributed by atoms with E-state index in [0.29, 0.717) is 49.3 Å². The van der Waals surface area contributed by atoms with Crippen LogP contribution in [0.2, 0.25) is 10.0 Å². The molecule has 0 saturated carbocycles. The van der Waals surface area contributed by atoms with Crippen LogP contribution in [0.25, 0.3) is 0 Å². The Balaban J connectivity index is 1.43. The van der Waals surface area contributed by atoms with Crippen molar-refractivity contribution < 1.29 is 14.3 Å². The van der Waals surface area contributed by atoms with Crippen LogP contribution in [0.5, 0.6) is 0 Å². The highest BCUT2D eigenvalue weighted by molar-refractivity contribution is 6.35. The lowest BCUT2D eigenvalue weighted by atomic mass is 10.0.